The minimum absolute atomic E-state index is 0.113. The predicted molar refractivity (Wildman–Crippen MR) is 65.2 cm³/mol. The number of fused-ring (bicyclic) bond motifs is 1. The van der Waals surface area contributed by atoms with Crippen LogP contribution in [-0.2, 0) is 11.3 Å². The van der Waals surface area contributed by atoms with Crippen LogP contribution in [0.3, 0.4) is 0 Å². The topological polar surface area (TPSA) is 22.1 Å². The van der Waals surface area contributed by atoms with Crippen molar-refractivity contribution in [1.82, 2.24) is 4.98 Å². The van der Waals surface area contributed by atoms with Crippen LogP contribution in [0, 0.1) is 12.7 Å². The average molecular weight is 227 g/mol. The summed E-state index contributed by atoms with van der Waals surface area (Å²) in [6, 6.07) is 6.86. The summed E-state index contributed by atoms with van der Waals surface area (Å²) in [5.74, 6) is -0.213. The largest absolute Gasteiger partial charge is 0.423 e. The number of nitrogens with zero attached hydrogens (tertiary/aromatic N) is 1. The van der Waals surface area contributed by atoms with E-state index in [-0.39, 0.29) is 12.7 Å². The second-order valence-electron chi connectivity index (χ2n) is 4.33. The molecule has 2 nitrogen and oxygen atoms in total. The number of hydrogen-bond acceptors (Lipinski definition) is 2. The Hall–Kier alpha value is -1.68. The Morgan fingerprint density at radius 2 is 2.18 bits per heavy atom. The van der Waals surface area contributed by atoms with Gasteiger partial charge in [0, 0.05) is 12.4 Å². The molecule has 0 unspecified atom stereocenters. The normalized spacial score (nSPS) is 13.9. The lowest BCUT2D eigenvalue weighted by Crippen LogP contribution is -2.41. The number of benzene rings is 1. The molecule has 0 bridgehead atoms. The zero-order chi connectivity index (χ0) is 11.8. The SMILES string of the molecule is Cc1cncc(B2OCc3cc(F)ccc32)c1. The van der Waals surface area contributed by atoms with E-state index in [2.05, 4.69) is 11.1 Å². The smallest absolute Gasteiger partial charge is 0.363 e. The van der Waals surface area contributed by atoms with E-state index in [0.29, 0.717) is 6.61 Å². The van der Waals surface area contributed by atoms with Crippen LogP contribution in [0.1, 0.15) is 11.1 Å². The van der Waals surface area contributed by atoms with Gasteiger partial charge in [0.05, 0.1) is 6.61 Å². The molecule has 0 atom stereocenters. The standard InChI is InChI=1S/C13H11BFNO/c1-9-4-11(7-16-6-9)14-13-3-2-12(15)5-10(13)8-17-14/h2-7H,8H2,1H3. The molecule has 4 heteroatoms. The van der Waals surface area contributed by atoms with Gasteiger partial charge in [0.25, 0.3) is 0 Å². The maximum atomic E-state index is 13.1. The van der Waals surface area contributed by atoms with Crippen molar-refractivity contribution in [3.8, 4) is 0 Å². The fourth-order valence-corrected chi connectivity index (χ4v) is 2.22. The molecule has 0 saturated carbocycles. The summed E-state index contributed by atoms with van der Waals surface area (Å²) >= 11 is 0. The fourth-order valence-electron chi connectivity index (χ4n) is 2.22. The molecular formula is C13H11BFNO. The number of aromatic nitrogens is 1. The lowest BCUT2D eigenvalue weighted by molar-refractivity contribution is 0.336. The van der Waals surface area contributed by atoms with Gasteiger partial charge in [0.1, 0.15) is 5.82 Å². The van der Waals surface area contributed by atoms with Crippen molar-refractivity contribution >= 4 is 17.8 Å². The van der Waals surface area contributed by atoms with Gasteiger partial charge in [-0.05, 0) is 41.1 Å². The second kappa shape index (κ2) is 3.97. The summed E-state index contributed by atoms with van der Waals surface area (Å²) in [5, 5.41) is 0. The van der Waals surface area contributed by atoms with Crippen molar-refractivity contribution in [2.24, 2.45) is 0 Å². The highest BCUT2D eigenvalue weighted by atomic mass is 19.1. The molecule has 0 amide bonds. The van der Waals surface area contributed by atoms with Crippen molar-refractivity contribution in [2.45, 2.75) is 13.5 Å². The molecule has 3 rings (SSSR count). The first kappa shape index (κ1) is 10.5. The van der Waals surface area contributed by atoms with E-state index in [1.807, 2.05) is 13.1 Å². The van der Waals surface area contributed by atoms with Gasteiger partial charge in [-0.2, -0.15) is 0 Å². The summed E-state index contributed by atoms with van der Waals surface area (Å²) in [5.41, 5.74) is 4.09. The zero-order valence-electron chi connectivity index (χ0n) is 9.48. The minimum atomic E-state index is -0.213. The molecule has 2 aromatic rings. The van der Waals surface area contributed by atoms with Gasteiger partial charge in [-0.25, -0.2) is 4.39 Å². The molecule has 84 valence electrons. The van der Waals surface area contributed by atoms with Crippen molar-refractivity contribution in [1.29, 1.82) is 0 Å². The highest BCUT2D eigenvalue weighted by Crippen LogP contribution is 2.12. The van der Waals surface area contributed by atoms with Gasteiger partial charge in [-0.15, -0.1) is 0 Å². The lowest BCUT2D eigenvalue weighted by atomic mass is 9.56. The predicted octanol–water partition coefficient (Wildman–Crippen LogP) is 1.17. The molecule has 0 radical (unpaired) electrons. The number of hydrogen-bond donors (Lipinski definition) is 0. The van der Waals surface area contributed by atoms with E-state index in [4.69, 9.17) is 4.65 Å². The minimum Gasteiger partial charge on any atom is -0.423 e. The van der Waals surface area contributed by atoms with Gasteiger partial charge >= 0.3 is 6.92 Å². The molecule has 0 aliphatic carbocycles. The van der Waals surface area contributed by atoms with Crippen molar-refractivity contribution < 1.29 is 9.04 Å². The van der Waals surface area contributed by atoms with Gasteiger partial charge in [-0.1, -0.05) is 12.1 Å². The maximum Gasteiger partial charge on any atom is 0.363 e. The molecule has 0 fully saturated rings. The Morgan fingerprint density at radius 3 is 3.00 bits per heavy atom. The van der Waals surface area contributed by atoms with Crippen LogP contribution in [0.25, 0.3) is 0 Å². The van der Waals surface area contributed by atoms with E-state index < -0.39 is 0 Å². The van der Waals surface area contributed by atoms with E-state index in [0.717, 1.165) is 22.1 Å². The number of halogens is 1. The van der Waals surface area contributed by atoms with Crippen LogP contribution in [0.5, 0.6) is 0 Å². The molecule has 0 spiro atoms. The molecule has 1 aliphatic rings. The summed E-state index contributed by atoms with van der Waals surface area (Å²) in [6.07, 6.45) is 3.61. The summed E-state index contributed by atoms with van der Waals surface area (Å²) in [4.78, 5) is 4.17. The van der Waals surface area contributed by atoms with Crippen LogP contribution < -0.4 is 10.9 Å². The third kappa shape index (κ3) is 1.85. The molecular weight excluding hydrogens is 216 g/mol. The Morgan fingerprint density at radius 1 is 1.29 bits per heavy atom. The van der Waals surface area contributed by atoms with E-state index in [1.54, 1.807) is 18.3 Å². The van der Waals surface area contributed by atoms with Gasteiger partial charge in [0.2, 0.25) is 0 Å². The first-order chi connectivity index (χ1) is 8.24. The zero-order valence-corrected chi connectivity index (χ0v) is 9.48. The number of aryl methyl sites for hydroxylation is 1. The summed E-state index contributed by atoms with van der Waals surface area (Å²) < 4.78 is 18.8. The van der Waals surface area contributed by atoms with Gasteiger partial charge < -0.3 is 4.65 Å². The average Bonchev–Trinajstić information content (AvgIpc) is 2.71. The quantitative estimate of drug-likeness (QED) is 0.682. The number of rotatable bonds is 1. The van der Waals surface area contributed by atoms with Crippen LogP contribution in [0.2, 0.25) is 0 Å². The number of pyridine rings is 1. The van der Waals surface area contributed by atoms with E-state index >= 15 is 0 Å². The lowest BCUT2D eigenvalue weighted by Gasteiger charge is -2.07. The van der Waals surface area contributed by atoms with Crippen LogP contribution in [0.4, 0.5) is 4.39 Å². The third-order valence-corrected chi connectivity index (χ3v) is 2.99. The summed E-state index contributed by atoms with van der Waals surface area (Å²) in [6.45, 7) is 2.35. The van der Waals surface area contributed by atoms with E-state index in [9.17, 15) is 4.39 Å². The highest BCUT2D eigenvalue weighted by molar-refractivity contribution is 6.81. The molecule has 1 aromatic heterocycles. The molecule has 0 saturated heterocycles. The molecule has 1 aromatic carbocycles. The third-order valence-electron chi connectivity index (χ3n) is 2.99. The van der Waals surface area contributed by atoms with Crippen molar-refractivity contribution in [3.63, 3.8) is 0 Å². The maximum absolute atomic E-state index is 13.1. The van der Waals surface area contributed by atoms with Crippen molar-refractivity contribution in [2.75, 3.05) is 0 Å². The van der Waals surface area contributed by atoms with Crippen LogP contribution >= 0.6 is 0 Å². The summed E-state index contributed by atoms with van der Waals surface area (Å²) in [7, 11) is 0. The molecule has 2 heterocycles. The second-order valence-corrected chi connectivity index (χ2v) is 4.33. The first-order valence-corrected chi connectivity index (χ1v) is 5.55. The van der Waals surface area contributed by atoms with E-state index in [1.165, 1.54) is 6.07 Å². The fraction of sp³-hybridized carbons (Fsp3) is 0.154. The van der Waals surface area contributed by atoms with Crippen molar-refractivity contribution in [3.05, 3.63) is 53.6 Å². The van der Waals surface area contributed by atoms with Crippen LogP contribution in [0.15, 0.2) is 36.7 Å². The molecule has 0 N–H and O–H groups in total. The Labute approximate surface area is 99.6 Å². The molecule has 17 heavy (non-hydrogen) atoms. The highest BCUT2D eigenvalue weighted by Gasteiger charge is 2.30. The van der Waals surface area contributed by atoms with Gasteiger partial charge in [0.15, 0.2) is 0 Å². The monoisotopic (exact) mass is 227 g/mol. The first-order valence-electron chi connectivity index (χ1n) is 5.55. The van der Waals surface area contributed by atoms with Gasteiger partial charge in [-0.3, -0.25) is 4.98 Å². The Bertz CT molecular complexity index is 573. The molecule has 1 aliphatic heterocycles. The van der Waals surface area contributed by atoms with Crippen LogP contribution in [-0.4, -0.2) is 11.9 Å². The Balaban J connectivity index is 2.04. The Kier molecular flexibility index (Phi) is 2.44.